The largest absolute Gasteiger partial charge is 0.493 e. The molecular weight excluding hydrogens is 569 g/mol. The van der Waals surface area contributed by atoms with Gasteiger partial charge in [-0.05, 0) is 74.9 Å². The van der Waals surface area contributed by atoms with E-state index < -0.39 is 17.4 Å². The molecule has 0 aliphatic carbocycles. The van der Waals surface area contributed by atoms with Crippen LogP contribution in [0.5, 0.6) is 11.5 Å². The van der Waals surface area contributed by atoms with Crippen LogP contribution < -0.4 is 14.8 Å². The van der Waals surface area contributed by atoms with E-state index in [2.05, 4.69) is 36.5 Å². The smallest absolute Gasteiger partial charge is 0.325 e. The summed E-state index contributed by atoms with van der Waals surface area (Å²) in [5.74, 6) is 0.0974. The number of carbonyl (C=O) groups excluding carboxylic acids is 2. The van der Waals surface area contributed by atoms with Gasteiger partial charge in [0.2, 0.25) is 0 Å². The zero-order chi connectivity index (χ0) is 32.0. The molecule has 0 radical (unpaired) electrons. The molecule has 1 fully saturated rings. The Hall–Kier alpha value is -4.46. The van der Waals surface area contributed by atoms with E-state index in [0.29, 0.717) is 31.6 Å². The fourth-order valence-corrected chi connectivity index (χ4v) is 5.98. The second-order valence-corrected chi connectivity index (χ2v) is 12.0. The van der Waals surface area contributed by atoms with Gasteiger partial charge in [0.15, 0.2) is 11.6 Å². The fraction of sp³-hybridized carbons (Fsp3) is 0.378. The van der Waals surface area contributed by atoms with Crippen LogP contribution in [-0.2, 0) is 16.8 Å². The topological polar surface area (TPSA) is 80.8 Å². The summed E-state index contributed by atoms with van der Waals surface area (Å²) < 4.78 is 26.7. The minimum absolute atomic E-state index is 0.122. The molecule has 3 amide bonds. The highest BCUT2D eigenvalue weighted by Crippen LogP contribution is 2.35. The number of fused-ring (bicyclic) bond motifs is 1. The van der Waals surface area contributed by atoms with Crippen molar-refractivity contribution in [1.82, 2.24) is 15.2 Å². The lowest BCUT2D eigenvalue weighted by molar-refractivity contribution is -0.131. The number of amides is 3. The van der Waals surface area contributed by atoms with Gasteiger partial charge < -0.3 is 14.8 Å². The number of benzene rings is 3. The van der Waals surface area contributed by atoms with Gasteiger partial charge in [0.25, 0.3) is 5.91 Å². The van der Waals surface area contributed by atoms with E-state index in [1.54, 1.807) is 6.07 Å². The molecule has 3 aromatic carbocycles. The number of ether oxygens (including phenoxy) is 2. The van der Waals surface area contributed by atoms with Gasteiger partial charge in [-0.2, -0.15) is 0 Å². The Morgan fingerprint density at radius 1 is 0.978 bits per heavy atom. The van der Waals surface area contributed by atoms with Crippen molar-refractivity contribution in [3.05, 3.63) is 101 Å². The van der Waals surface area contributed by atoms with E-state index in [4.69, 9.17) is 14.5 Å². The summed E-state index contributed by atoms with van der Waals surface area (Å²) in [5.41, 5.74) is 3.44. The number of nitrogens with zero attached hydrogens (tertiary/aromatic N) is 2. The molecule has 8 heteroatoms. The van der Waals surface area contributed by atoms with Crippen LogP contribution >= 0.6 is 0 Å². The van der Waals surface area contributed by atoms with Crippen molar-refractivity contribution in [2.45, 2.75) is 77.9 Å². The molecule has 236 valence electrons. The number of para-hydroxylation sites is 1. The molecule has 7 nitrogen and oxygen atoms in total. The first-order valence-corrected chi connectivity index (χ1v) is 15.9. The Morgan fingerprint density at radius 3 is 2.49 bits per heavy atom. The van der Waals surface area contributed by atoms with Crippen LogP contribution in [0.4, 0.5) is 9.18 Å². The molecular formula is C37H42FN3O4. The molecule has 4 aromatic rings. The quantitative estimate of drug-likeness (QED) is 0.116. The normalized spacial score (nSPS) is 16.4. The third kappa shape index (κ3) is 6.95. The predicted octanol–water partition coefficient (Wildman–Crippen LogP) is 7.86. The molecule has 0 bridgehead atoms. The first kappa shape index (κ1) is 31.9. The van der Waals surface area contributed by atoms with Gasteiger partial charge in [0.05, 0.1) is 18.2 Å². The van der Waals surface area contributed by atoms with Crippen LogP contribution in [0.3, 0.4) is 0 Å². The van der Waals surface area contributed by atoms with Crippen LogP contribution in [0.15, 0.2) is 72.9 Å². The van der Waals surface area contributed by atoms with Crippen molar-refractivity contribution >= 4 is 22.8 Å². The van der Waals surface area contributed by atoms with Crippen molar-refractivity contribution in [1.29, 1.82) is 0 Å². The lowest BCUT2D eigenvalue weighted by Crippen LogP contribution is -2.43. The van der Waals surface area contributed by atoms with E-state index in [-0.39, 0.29) is 17.8 Å². The number of hydrogen-bond acceptors (Lipinski definition) is 5. The average Bonchev–Trinajstić information content (AvgIpc) is 3.28. The maximum atomic E-state index is 14.8. The number of nitrogens with one attached hydrogen (secondary N) is 1. The first-order chi connectivity index (χ1) is 21.7. The number of aromatic nitrogens is 1. The van der Waals surface area contributed by atoms with Gasteiger partial charge in [-0.3, -0.25) is 14.7 Å². The Balaban J connectivity index is 1.16. The minimum atomic E-state index is -1.29. The highest BCUT2D eigenvalue weighted by atomic mass is 19.1. The molecule has 1 aliphatic rings. The van der Waals surface area contributed by atoms with Crippen molar-refractivity contribution < 1.29 is 23.5 Å². The van der Waals surface area contributed by atoms with Gasteiger partial charge in [-0.15, -0.1) is 0 Å². The molecule has 1 aliphatic heterocycles. The standard InChI is InChI=1S/C37H42FN3O4/c1-5-37(29-18-19-32(31(38)23-29)45-25(2)3)35(42)41(36(43)40-37)20-11-6-7-12-21-44-34-28(22-27-15-9-8-10-16-27)24-39-33-26(4)14-13-17-30(33)34/h8-10,13-19,23-25H,5-7,11-12,20-22H2,1-4H3,(H,40,43). The number of carbonyl (C=O) groups is 2. The van der Waals surface area contributed by atoms with Crippen LogP contribution in [0.25, 0.3) is 10.9 Å². The molecule has 1 atom stereocenters. The highest BCUT2D eigenvalue weighted by molar-refractivity contribution is 6.07. The molecule has 1 N–H and O–H groups in total. The number of pyridine rings is 1. The SMILES string of the molecule is CCC1(c2ccc(OC(C)C)c(F)c2)NC(=O)N(CCCCCCOc2c(Cc3ccccc3)cnc3c(C)cccc23)C1=O. The Labute approximate surface area is 264 Å². The maximum Gasteiger partial charge on any atom is 0.325 e. The number of aryl methyl sites for hydroxylation is 1. The lowest BCUT2D eigenvalue weighted by atomic mass is 9.87. The van der Waals surface area contributed by atoms with Crippen LogP contribution in [0, 0.1) is 12.7 Å². The summed E-state index contributed by atoms with van der Waals surface area (Å²) in [7, 11) is 0. The predicted molar refractivity (Wildman–Crippen MR) is 174 cm³/mol. The number of rotatable bonds is 14. The summed E-state index contributed by atoms with van der Waals surface area (Å²) in [6.07, 6.45) is 6.02. The molecule has 5 rings (SSSR count). The second-order valence-electron chi connectivity index (χ2n) is 12.0. The lowest BCUT2D eigenvalue weighted by Gasteiger charge is -2.26. The minimum Gasteiger partial charge on any atom is -0.493 e. The molecule has 45 heavy (non-hydrogen) atoms. The number of unbranched alkanes of at least 4 members (excludes halogenated alkanes) is 3. The van der Waals surface area contributed by atoms with E-state index >= 15 is 0 Å². The van der Waals surface area contributed by atoms with Crippen molar-refractivity contribution in [3.8, 4) is 11.5 Å². The van der Waals surface area contributed by atoms with Crippen LogP contribution in [0.2, 0.25) is 0 Å². The number of halogens is 1. The van der Waals surface area contributed by atoms with Crippen molar-refractivity contribution in [3.63, 3.8) is 0 Å². The van der Waals surface area contributed by atoms with Crippen LogP contribution in [-0.4, -0.2) is 41.1 Å². The molecule has 2 heterocycles. The monoisotopic (exact) mass is 611 g/mol. The summed E-state index contributed by atoms with van der Waals surface area (Å²) >= 11 is 0. The van der Waals surface area contributed by atoms with E-state index in [0.717, 1.165) is 53.5 Å². The summed E-state index contributed by atoms with van der Waals surface area (Å²) in [4.78, 5) is 32.4. The summed E-state index contributed by atoms with van der Waals surface area (Å²) in [6.45, 7) is 8.37. The molecule has 1 saturated heterocycles. The number of urea groups is 1. The van der Waals surface area contributed by atoms with E-state index in [1.807, 2.05) is 51.2 Å². The van der Waals surface area contributed by atoms with Gasteiger partial charge in [0.1, 0.15) is 11.3 Å². The summed E-state index contributed by atoms with van der Waals surface area (Å²) in [6, 6.07) is 20.5. The first-order valence-electron chi connectivity index (χ1n) is 15.9. The van der Waals surface area contributed by atoms with Gasteiger partial charge >= 0.3 is 6.03 Å². The third-order valence-electron chi connectivity index (χ3n) is 8.38. The zero-order valence-electron chi connectivity index (χ0n) is 26.6. The highest BCUT2D eigenvalue weighted by Gasteiger charge is 2.51. The van der Waals surface area contributed by atoms with Gasteiger partial charge in [0, 0.05) is 30.1 Å². The molecule has 1 aromatic heterocycles. The van der Waals surface area contributed by atoms with Gasteiger partial charge in [-0.1, -0.05) is 68.3 Å². The van der Waals surface area contributed by atoms with E-state index in [1.165, 1.54) is 22.6 Å². The Morgan fingerprint density at radius 2 is 1.76 bits per heavy atom. The van der Waals surface area contributed by atoms with E-state index in [9.17, 15) is 14.0 Å². The zero-order valence-corrected chi connectivity index (χ0v) is 26.6. The van der Waals surface area contributed by atoms with Crippen LogP contribution in [0.1, 0.15) is 75.1 Å². The van der Waals surface area contributed by atoms with Crippen molar-refractivity contribution in [2.75, 3.05) is 13.2 Å². The maximum absolute atomic E-state index is 14.8. The Kier molecular flexibility index (Phi) is 10.0. The second kappa shape index (κ2) is 14.1. The molecule has 0 spiro atoms. The Bertz CT molecular complexity index is 1660. The van der Waals surface area contributed by atoms with Gasteiger partial charge in [-0.25, -0.2) is 9.18 Å². The fourth-order valence-electron chi connectivity index (χ4n) is 5.98. The average molecular weight is 612 g/mol. The molecule has 1 unspecified atom stereocenters. The third-order valence-corrected chi connectivity index (χ3v) is 8.38. The number of imide groups is 1. The number of hydrogen-bond donors (Lipinski definition) is 1. The van der Waals surface area contributed by atoms with Crippen molar-refractivity contribution in [2.24, 2.45) is 0 Å². The molecule has 0 saturated carbocycles. The summed E-state index contributed by atoms with van der Waals surface area (Å²) in [5, 5.41) is 3.86.